The number of benzene rings is 1. The second-order valence-corrected chi connectivity index (χ2v) is 7.14. The number of anilines is 1. The van der Waals surface area contributed by atoms with E-state index in [0.29, 0.717) is 18.5 Å². The molecule has 0 radical (unpaired) electrons. The number of nitrogens with one attached hydrogen (secondary N) is 3. The number of halogens is 1. The van der Waals surface area contributed by atoms with Gasteiger partial charge in [-0.15, -0.1) is 0 Å². The summed E-state index contributed by atoms with van der Waals surface area (Å²) in [5.41, 5.74) is -0.0109. The first-order chi connectivity index (χ1) is 11.4. The Bertz CT molecular complexity index is 650. The van der Waals surface area contributed by atoms with E-state index >= 15 is 0 Å². The Kier molecular flexibility index (Phi) is 6.35. The molecule has 0 aliphatic heterocycles. The molecule has 7 heteroatoms. The number of amides is 2. The fourth-order valence-corrected chi connectivity index (χ4v) is 3.31. The molecule has 1 aliphatic rings. The number of likely N-dealkylation sites (N-methyl/N-ethyl adjacent to an activating group) is 1. The lowest BCUT2D eigenvalue weighted by Crippen LogP contribution is -3.11. The van der Waals surface area contributed by atoms with Crippen molar-refractivity contribution >= 4 is 33.4 Å². The maximum Gasteiger partial charge on any atom is 0.279 e. The highest BCUT2D eigenvalue weighted by molar-refractivity contribution is 9.10. The highest BCUT2D eigenvalue weighted by Crippen LogP contribution is 2.28. The van der Waals surface area contributed by atoms with Gasteiger partial charge in [-0.1, -0.05) is 12.1 Å². The Balaban J connectivity index is 1.81. The molecule has 1 atom stereocenters. The van der Waals surface area contributed by atoms with Crippen LogP contribution in [0.25, 0.3) is 0 Å². The Morgan fingerprint density at radius 1 is 1.25 bits per heavy atom. The van der Waals surface area contributed by atoms with Crippen LogP contribution in [0.3, 0.4) is 0 Å². The third kappa shape index (κ3) is 5.05. The summed E-state index contributed by atoms with van der Waals surface area (Å²) in [5, 5.41) is 15.0. The number of para-hydroxylation sites is 1. The summed E-state index contributed by atoms with van der Waals surface area (Å²) < 4.78 is 0.811. The second-order valence-electron chi connectivity index (χ2n) is 6.29. The third-order valence-electron chi connectivity index (χ3n) is 4.12. The van der Waals surface area contributed by atoms with E-state index in [4.69, 9.17) is 0 Å². The molecule has 0 aromatic heterocycles. The van der Waals surface area contributed by atoms with E-state index in [1.54, 1.807) is 13.1 Å². The predicted octanol–water partition coefficient (Wildman–Crippen LogP) is 0.855. The largest absolute Gasteiger partial charge is 0.333 e. The van der Waals surface area contributed by atoms with E-state index in [0.717, 1.165) is 22.2 Å². The first-order valence-corrected chi connectivity index (χ1v) is 8.81. The molecule has 24 heavy (non-hydrogen) atoms. The average Bonchev–Trinajstić information content (AvgIpc) is 2.98. The molecule has 1 fully saturated rings. The quantitative estimate of drug-likeness (QED) is 0.669. The van der Waals surface area contributed by atoms with Crippen LogP contribution >= 0.6 is 15.9 Å². The zero-order valence-electron chi connectivity index (χ0n) is 13.7. The van der Waals surface area contributed by atoms with Gasteiger partial charge in [-0.2, -0.15) is 5.26 Å². The van der Waals surface area contributed by atoms with Crippen molar-refractivity contribution in [3.8, 4) is 6.07 Å². The van der Waals surface area contributed by atoms with Gasteiger partial charge >= 0.3 is 0 Å². The van der Waals surface area contributed by atoms with Crippen molar-refractivity contribution in [2.75, 3.05) is 25.5 Å². The molecule has 2 rings (SSSR count). The minimum atomic E-state index is -0.714. The van der Waals surface area contributed by atoms with Crippen molar-refractivity contribution in [2.45, 2.75) is 31.2 Å². The summed E-state index contributed by atoms with van der Waals surface area (Å²) in [6, 6.07) is 9.60. The van der Waals surface area contributed by atoms with Gasteiger partial charge in [0.1, 0.15) is 5.54 Å². The van der Waals surface area contributed by atoms with Crippen molar-refractivity contribution < 1.29 is 14.5 Å². The topological polar surface area (TPSA) is 86.4 Å². The SMILES string of the molecule is C[NH+](CC(=O)Nc1ccccc1Br)CC(=O)NC1(C#N)CCCC1. The maximum absolute atomic E-state index is 12.1. The van der Waals surface area contributed by atoms with Gasteiger partial charge in [-0.3, -0.25) is 9.59 Å². The van der Waals surface area contributed by atoms with E-state index in [-0.39, 0.29) is 24.9 Å². The van der Waals surface area contributed by atoms with Crippen LogP contribution in [0.1, 0.15) is 25.7 Å². The molecule has 0 bridgehead atoms. The smallest absolute Gasteiger partial charge is 0.279 e. The van der Waals surface area contributed by atoms with Crippen LogP contribution < -0.4 is 15.5 Å². The highest BCUT2D eigenvalue weighted by atomic mass is 79.9. The summed E-state index contributed by atoms with van der Waals surface area (Å²) in [5.74, 6) is -0.354. The molecule has 1 unspecified atom stereocenters. The summed E-state index contributed by atoms with van der Waals surface area (Å²) >= 11 is 3.38. The van der Waals surface area contributed by atoms with Gasteiger partial charge in [0, 0.05) is 4.47 Å². The second kappa shape index (κ2) is 8.27. The van der Waals surface area contributed by atoms with Crippen LogP contribution in [0.4, 0.5) is 5.69 Å². The minimum absolute atomic E-state index is 0.160. The van der Waals surface area contributed by atoms with Gasteiger partial charge in [0.05, 0.1) is 18.8 Å². The van der Waals surface area contributed by atoms with Crippen LogP contribution in [-0.2, 0) is 9.59 Å². The Hall–Kier alpha value is -1.91. The molecule has 2 amide bonds. The van der Waals surface area contributed by atoms with Crippen LogP contribution in [0.15, 0.2) is 28.7 Å². The van der Waals surface area contributed by atoms with Crippen molar-refractivity contribution in [2.24, 2.45) is 0 Å². The zero-order chi connectivity index (χ0) is 17.6. The molecule has 0 saturated heterocycles. The number of hydrogen-bond donors (Lipinski definition) is 3. The standard InChI is InChI=1S/C17H21BrN4O2/c1-22(10-15(23)20-14-7-3-2-6-13(14)18)11-16(24)21-17(12-19)8-4-5-9-17/h2-3,6-7H,4-5,8-11H2,1H3,(H,20,23)(H,21,24)/p+1. The summed E-state index contributed by atoms with van der Waals surface area (Å²) in [4.78, 5) is 25.0. The van der Waals surface area contributed by atoms with Gasteiger partial charge in [0.25, 0.3) is 11.8 Å². The highest BCUT2D eigenvalue weighted by Gasteiger charge is 2.35. The lowest BCUT2D eigenvalue weighted by atomic mass is 10.00. The lowest BCUT2D eigenvalue weighted by molar-refractivity contribution is -0.862. The van der Waals surface area contributed by atoms with Crippen molar-refractivity contribution in [3.05, 3.63) is 28.7 Å². The third-order valence-corrected chi connectivity index (χ3v) is 4.81. The number of rotatable bonds is 6. The van der Waals surface area contributed by atoms with E-state index in [2.05, 4.69) is 32.6 Å². The molecule has 1 saturated carbocycles. The van der Waals surface area contributed by atoms with Gasteiger partial charge in [0.2, 0.25) is 0 Å². The van der Waals surface area contributed by atoms with Gasteiger partial charge in [-0.05, 0) is 53.7 Å². The van der Waals surface area contributed by atoms with Gasteiger partial charge in [-0.25, -0.2) is 0 Å². The van der Waals surface area contributed by atoms with E-state index in [1.807, 2.05) is 18.2 Å². The number of nitriles is 1. The minimum Gasteiger partial charge on any atom is -0.333 e. The fourth-order valence-electron chi connectivity index (χ4n) is 2.92. The van der Waals surface area contributed by atoms with Crippen molar-refractivity contribution in [3.63, 3.8) is 0 Å². The van der Waals surface area contributed by atoms with E-state index in [1.165, 1.54) is 0 Å². The molecule has 3 N–H and O–H groups in total. The zero-order valence-corrected chi connectivity index (χ0v) is 15.3. The summed E-state index contributed by atoms with van der Waals surface area (Å²) in [6.45, 7) is 0.334. The number of carbonyl (C=O) groups excluding carboxylic acids is 2. The first kappa shape index (κ1) is 18.4. The Morgan fingerprint density at radius 3 is 2.50 bits per heavy atom. The average molecular weight is 394 g/mol. The number of nitrogens with zero attached hydrogens (tertiary/aromatic N) is 1. The molecule has 1 aromatic carbocycles. The molecular formula is C17H22BrN4O2+. The number of hydrogen-bond acceptors (Lipinski definition) is 3. The summed E-state index contributed by atoms with van der Waals surface area (Å²) in [6.07, 6.45) is 3.34. The van der Waals surface area contributed by atoms with Crippen molar-refractivity contribution in [1.82, 2.24) is 5.32 Å². The van der Waals surface area contributed by atoms with Gasteiger partial charge < -0.3 is 15.5 Å². The number of carbonyl (C=O) groups is 2. The molecule has 0 heterocycles. The molecular weight excluding hydrogens is 372 g/mol. The van der Waals surface area contributed by atoms with Crippen LogP contribution in [0, 0.1) is 11.3 Å². The van der Waals surface area contributed by atoms with E-state index in [9.17, 15) is 14.9 Å². The van der Waals surface area contributed by atoms with Crippen molar-refractivity contribution in [1.29, 1.82) is 5.26 Å². The summed E-state index contributed by atoms with van der Waals surface area (Å²) in [7, 11) is 1.78. The Labute approximate surface area is 150 Å². The van der Waals surface area contributed by atoms with Crippen LogP contribution in [-0.4, -0.2) is 37.5 Å². The number of quaternary nitrogens is 1. The van der Waals surface area contributed by atoms with Crippen LogP contribution in [0.2, 0.25) is 0 Å². The predicted molar refractivity (Wildman–Crippen MR) is 94.3 cm³/mol. The lowest BCUT2D eigenvalue weighted by Gasteiger charge is -2.23. The molecule has 128 valence electrons. The Morgan fingerprint density at radius 2 is 1.88 bits per heavy atom. The first-order valence-electron chi connectivity index (χ1n) is 8.02. The van der Waals surface area contributed by atoms with Crippen LogP contribution in [0.5, 0.6) is 0 Å². The van der Waals surface area contributed by atoms with E-state index < -0.39 is 5.54 Å². The molecule has 1 aliphatic carbocycles. The molecule has 0 spiro atoms. The normalized spacial score (nSPS) is 16.9. The maximum atomic E-state index is 12.1. The molecule has 1 aromatic rings. The molecule has 6 nitrogen and oxygen atoms in total. The van der Waals surface area contributed by atoms with Gasteiger partial charge in [0.15, 0.2) is 13.1 Å². The fraction of sp³-hybridized carbons (Fsp3) is 0.471. The monoisotopic (exact) mass is 393 g/mol.